The van der Waals surface area contributed by atoms with Gasteiger partial charge in [0, 0.05) is 36.0 Å². The first-order valence-corrected chi connectivity index (χ1v) is 9.32. The van der Waals surface area contributed by atoms with Gasteiger partial charge in [-0.3, -0.25) is 4.79 Å². The van der Waals surface area contributed by atoms with Crippen LogP contribution in [0.15, 0.2) is 34.6 Å². The SMILES string of the molecule is CCc1ccc2[nH]c(=O)c(C#N)c(N3CC[C@@H](c4nccs4)C3)c2c1. The number of aromatic amines is 1. The number of fused-ring (bicyclic) bond motifs is 1. The molecular weight excluding hydrogens is 332 g/mol. The number of benzene rings is 1. The zero-order chi connectivity index (χ0) is 17.4. The summed E-state index contributed by atoms with van der Waals surface area (Å²) in [6, 6.07) is 8.18. The molecule has 2 aromatic heterocycles. The molecule has 4 rings (SSSR count). The Morgan fingerprint density at radius 2 is 2.36 bits per heavy atom. The van der Waals surface area contributed by atoms with E-state index in [0.29, 0.717) is 5.92 Å². The van der Waals surface area contributed by atoms with Gasteiger partial charge in [-0.05, 0) is 30.5 Å². The molecule has 1 atom stereocenters. The van der Waals surface area contributed by atoms with E-state index in [1.165, 1.54) is 5.56 Å². The van der Waals surface area contributed by atoms with Crippen molar-refractivity contribution < 1.29 is 0 Å². The number of aryl methyl sites for hydroxylation is 1. The average molecular weight is 350 g/mol. The van der Waals surface area contributed by atoms with Crippen LogP contribution in [0.5, 0.6) is 0 Å². The van der Waals surface area contributed by atoms with Crippen LogP contribution < -0.4 is 10.5 Å². The Balaban J connectivity index is 1.85. The minimum atomic E-state index is -0.313. The predicted octanol–water partition coefficient (Wildman–Crippen LogP) is 3.41. The summed E-state index contributed by atoms with van der Waals surface area (Å²) in [5, 5.41) is 13.7. The molecule has 1 aliphatic heterocycles. The number of rotatable bonds is 3. The highest BCUT2D eigenvalue weighted by molar-refractivity contribution is 7.09. The molecule has 0 spiro atoms. The second-order valence-corrected chi connectivity index (χ2v) is 7.25. The molecule has 0 radical (unpaired) electrons. The number of nitrogens with one attached hydrogen (secondary N) is 1. The highest BCUT2D eigenvalue weighted by Crippen LogP contribution is 2.36. The number of nitrogens with zero attached hydrogens (tertiary/aromatic N) is 3. The van der Waals surface area contributed by atoms with Gasteiger partial charge in [0.2, 0.25) is 0 Å². The molecule has 3 aromatic rings. The summed E-state index contributed by atoms with van der Waals surface area (Å²) in [6.07, 6.45) is 3.73. The van der Waals surface area contributed by atoms with Crippen molar-refractivity contribution in [1.82, 2.24) is 9.97 Å². The van der Waals surface area contributed by atoms with Gasteiger partial charge in [0.05, 0.1) is 16.2 Å². The molecule has 0 bridgehead atoms. The van der Waals surface area contributed by atoms with Gasteiger partial charge in [-0.15, -0.1) is 11.3 Å². The van der Waals surface area contributed by atoms with E-state index in [1.54, 1.807) is 11.3 Å². The first kappa shape index (κ1) is 15.9. The highest BCUT2D eigenvalue weighted by Gasteiger charge is 2.29. The van der Waals surface area contributed by atoms with Crippen molar-refractivity contribution in [2.75, 3.05) is 18.0 Å². The molecule has 5 nitrogen and oxygen atoms in total. The van der Waals surface area contributed by atoms with Crippen molar-refractivity contribution in [3.05, 3.63) is 56.3 Å². The number of thiazole rings is 1. The molecule has 1 N–H and O–H groups in total. The minimum Gasteiger partial charge on any atom is -0.369 e. The summed E-state index contributed by atoms with van der Waals surface area (Å²) < 4.78 is 0. The molecule has 126 valence electrons. The van der Waals surface area contributed by atoms with Crippen LogP contribution in [-0.4, -0.2) is 23.1 Å². The van der Waals surface area contributed by atoms with Crippen LogP contribution in [0.4, 0.5) is 5.69 Å². The lowest BCUT2D eigenvalue weighted by Crippen LogP contribution is -2.24. The van der Waals surface area contributed by atoms with Crippen LogP contribution in [0, 0.1) is 11.3 Å². The van der Waals surface area contributed by atoms with Crippen molar-refractivity contribution in [2.24, 2.45) is 0 Å². The van der Waals surface area contributed by atoms with Gasteiger partial charge in [-0.1, -0.05) is 13.0 Å². The quantitative estimate of drug-likeness (QED) is 0.786. The third-order valence-corrected chi connectivity index (χ3v) is 5.81. The van der Waals surface area contributed by atoms with Gasteiger partial charge in [-0.2, -0.15) is 5.26 Å². The number of hydrogen-bond acceptors (Lipinski definition) is 5. The van der Waals surface area contributed by atoms with E-state index in [0.717, 1.165) is 47.5 Å². The van der Waals surface area contributed by atoms with E-state index < -0.39 is 0 Å². The van der Waals surface area contributed by atoms with E-state index in [2.05, 4.69) is 33.9 Å². The molecule has 1 saturated heterocycles. The van der Waals surface area contributed by atoms with Gasteiger partial charge in [0.25, 0.3) is 5.56 Å². The molecule has 3 heterocycles. The van der Waals surface area contributed by atoms with Gasteiger partial charge < -0.3 is 9.88 Å². The molecule has 25 heavy (non-hydrogen) atoms. The topological polar surface area (TPSA) is 72.8 Å². The van der Waals surface area contributed by atoms with Crippen LogP contribution in [0.2, 0.25) is 0 Å². The van der Waals surface area contributed by atoms with E-state index in [-0.39, 0.29) is 11.1 Å². The summed E-state index contributed by atoms with van der Waals surface area (Å²) in [5.41, 5.74) is 2.65. The molecule has 0 amide bonds. The monoisotopic (exact) mass is 350 g/mol. The number of nitriles is 1. The van der Waals surface area contributed by atoms with Crippen molar-refractivity contribution >= 4 is 27.9 Å². The standard InChI is InChI=1S/C19H18N4OS/c1-2-12-3-4-16-14(9-12)17(15(10-20)18(24)22-16)23-7-5-13(11-23)19-21-6-8-25-19/h3-4,6,8-9,13H,2,5,7,11H2,1H3,(H,22,24)/t13-/m1/s1. The molecular formula is C19H18N4OS. The molecule has 0 aliphatic carbocycles. The van der Waals surface area contributed by atoms with Crippen molar-refractivity contribution in [2.45, 2.75) is 25.7 Å². The fraction of sp³-hybridized carbons (Fsp3) is 0.316. The van der Waals surface area contributed by atoms with Gasteiger partial charge in [0.1, 0.15) is 11.6 Å². The molecule has 1 fully saturated rings. The summed E-state index contributed by atoms with van der Waals surface area (Å²) in [6.45, 7) is 3.72. The Bertz CT molecular complexity index is 1020. The van der Waals surface area contributed by atoms with Crippen molar-refractivity contribution in [3.63, 3.8) is 0 Å². The lowest BCUT2D eigenvalue weighted by Gasteiger charge is -2.22. The molecule has 0 saturated carbocycles. The third kappa shape index (κ3) is 2.71. The number of hydrogen-bond donors (Lipinski definition) is 1. The van der Waals surface area contributed by atoms with Gasteiger partial charge in [0.15, 0.2) is 0 Å². The normalized spacial score (nSPS) is 17.1. The smallest absolute Gasteiger partial charge is 0.268 e. The lowest BCUT2D eigenvalue weighted by atomic mass is 10.0. The van der Waals surface area contributed by atoms with Crippen molar-refractivity contribution in [3.8, 4) is 6.07 Å². The Morgan fingerprint density at radius 1 is 1.48 bits per heavy atom. The average Bonchev–Trinajstić information content (AvgIpc) is 3.31. The van der Waals surface area contributed by atoms with E-state index in [9.17, 15) is 10.1 Å². The molecule has 0 unspecified atom stereocenters. The van der Waals surface area contributed by atoms with Crippen LogP contribution >= 0.6 is 11.3 Å². The Hall–Kier alpha value is -2.65. The van der Waals surface area contributed by atoms with Crippen LogP contribution in [0.1, 0.15) is 35.4 Å². The van der Waals surface area contributed by atoms with Crippen LogP contribution in [0.3, 0.4) is 0 Å². The Morgan fingerprint density at radius 3 is 3.08 bits per heavy atom. The van der Waals surface area contributed by atoms with E-state index in [1.807, 2.05) is 23.7 Å². The highest BCUT2D eigenvalue weighted by atomic mass is 32.1. The van der Waals surface area contributed by atoms with Crippen LogP contribution in [-0.2, 0) is 6.42 Å². The molecule has 1 aromatic carbocycles. The predicted molar refractivity (Wildman–Crippen MR) is 100 cm³/mol. The largest absolute Gasteiger partial charge is 0.369 e. The van der Waals surface area contributed by atoms with E-state index in [4.69, 9.17) is 0 Å². The van der Waals surface area contributed by atoms with Gasteiger partial charge in [-0.25, -0.2) is 4.98 Å². The first-order valence-electron chi connectivity index (χ1n) is 8.44. The molecule has 1 aliphatic rings. The zero-order valence-corrected chi connectivity index (χ0v) is 14.8. The fourth-order valence-corrected chi connectivity index (χ4v) is 4.34. The second kappa shape index (κ2) is 6.34. The maximum atomic E-state index is 12.4. The maximum Gasteiger partial charge on any atom is 0.268 e. The van der Waals surface area contributed by atoms with Crippen molar-refractivity contribution in [1.29, 1.82) is 5.26 Å². The Kier molecular flexibility index (Phi) is 4.02. The number of aromatic nitrogens is 2. The first-order chi connectivity index (χ1) is 12.2. The van der Waals surface area contributed by atoms with Crippen LogP contribution in [0.25, 0.3) is 10.9 Å². The maximum absolute atomic E-state index is 12.4. The lowest BCUT2D eigenvalue weighted by molar-refractivity contribution is 0.766. The number of anilines is 1. The molecule has 6 heteroatoms. The fourth-order valence-electron chi connectivity index (χ4n) is 3.58. The second-order valence-electron chi connectivity index (χ2n) is 6.32. The third-order valence-electron chi connectivity index (χ3n) is 4.88. The summed E-state index contributed by atoms with van der Waals surface area (Å²) >= 11 is 1.67. The minimum absolute atomic E-state index is 0.209. The van der Waals surface area contributed by atoms with E-state index >= 15 is 0 Å². The number of H-pyrrole nitrogens is 1. The summed E-state index contributed by atoms with van der Waals surface area (Å²) in [5.74, 6) is 0.357. The Labute approximate surface area is 149 Å². The summed E-state index contributed by atoms with van der Waals surface area (Å²) in [7, 11) is 0. The number of pyridine rings is 1. The zero-order valence-electron chi connectivity index (χ0n) is 14.0. The van der Waals surface area contributed by atoms with Gasteiger partial charge >= 0.3 is 0 Å². The summed E-state index contributed by atoms with van der Waals surface area (Å²) in [4.78, 5) is 21.9.